The minimum absolute atomic E-state index is 0.233. The Kier molecular flexibility index (Phi) is 4.05. The minimum atomic E-state index is -0.514. The number of aromatic nitrogens is 2. The maximum Gasteiger partial charge on any atom is 0.339 e. The second-order valence-corrected chi connectivity index (χ2v) is 3.98. The lowest BCUT2D eigenvalue weighted by atomic mass is 10.1. The molecule has 0 fully saturated rings. The number of methoxy groups -OCH3 is 1. The summed E-state index contributed by atoms with van der Waals surface area (Å²) in [6.45, 7) is 1.69. The molecule has 6 heteroatoms. The van der Waals surface area contributed by atoms with Crippen molar-refractivity contribution in [3.05, 3.63) is 53.6 Å². The second kappa shape index (κ2) is 5.92. The molecule has 0 bridgehead atoms. The summed E-state index contributed by atoms with van der Waals surface area (Å²) in [7, 11) is 1.29. The van der Waals surface area contributed by atoms with Crippen molar-refractivity contribution in [2.45, 2.75) is 6.92 Å². The zero-order valence-corrected chi connectivity index (χ0v) is 11.1. The molecule has 0 saturated carbocycles. The predicted molar refractivity (Wildman–Crippen MR) is 72.5 cm³/mol. The molecule has 0 aliphatic carbocycles. The van der Waals surface area contributed by atoms with Gasteiger partial charge in [-0.05, 0) is 25.1 Å². The zero-order valence-electron chi connectivity index (χ0n) is 11.1. The lowest BCUT2D eigenvalue weighted by molar-refractivity contribution is 0.0602. The molecule has 6 nitrogen and oxygen atoms in total. The number of esters is 1. The molecule has 2 aromatic rings. The van der Waals surface area contributed by atoms with Gasteiger partial charge in [0.15, 0.2) is 0 Å². The van der Waals surface area contributed by atoms with E-state index in [4.69, 9.17) is 0 Å². The fraction of sp³-hybridized carbons (Fsp3) is 0.143. The molecule has 1 amide bonds. The Labute approximate surface area is 115 Å². The number of carbonyl (C=O) groups is 2. The molecule has 1 aromatic heterocycles. The van der Waals surface area contributed by atoms with Crippen LogP contribution in [0.5, 0.6) is 0 Å². The highest BCUT2D eigenvalue weighted by atomic mass is 16.5. The number of hydrogen-bond donors (Lipinski definition) is 1. The Morgan fingerprint density at radius 2 is 1.95 bits per heavy atom. The first-order valence-electron chi connectivity index (χ1n) is 5.90. The van der Waals surface area contributed by atoms with Gasteiger partial charge in [-0.2, -0.15) is 0 Å². The van der Waals surface area contributed by atoms with Crippen LogP contribution in [0.25, 0.3) is 0 Å². The van der Waals surface area contributed by atoms with E-state index in [1.807, 2.05) is 0 Å². The molecule has 0 aliphatic heterocycles. The van der Waals surface area contributed by atoms with Crippen molar-refractivity contribution in [2.24, 2.45) is 0 Å². The average Bonchev–Trinajstić information content (AvgIpc) is 2.47. The van der Waals surface area contributed by atoms with Crippen molar-refractivity contribution in [1.29, 1.82) is 0 Å². The topological polar surface area (TPSA) is 81.2 Å². The molecule has 0 radical (unpaired) electrons. The second-order valence-electron chi connectivity index (χ2n) is 3.98. The van der Waals surface area contributed by atoms with E-state index in [-0.39, 0.29) is 11.3 Å². The summed E-state index contributed by atoms with van der Waals surface area (Å²) < 4.78 is 4.67. The van der Waals surface area contributed by atoms with Gasteiger partial charge in [0.1, 0.15) is 11.5 Å². The van der Waals surface area contributed by atoms with Crippen LogP contribution in [-0.2, 0) is 4.74 Å². The van der Waals surface area contributed by atoms with Gasteiger partial charge in [0.25, 0.3) is 5.91 Å². The Morgan fingerprint density at radius 3 is 2.65 bits per heavy atom. The maximum absolute atomic E-state index is 12.1. The average molecular weight is 271 g/mol. The smallest absolute Gasteiger partial charge is 0.339 e. The van der Waals surface area contributed by atoms with Crippen LogP contribution in [0.2, 0.25) is 0 Å². The molecule has 2 rings (SSSR count). The van der Waals surface area contributed by atoms with Crippen molar-refractivity contribution in [3.63, 3.8) is 0 Å². The van der Waals surface area contributed by atoms with Crippen LogP contribution >= 0.6 is 0 Å². The fourth-order valence-electron chi connectivity index (χ4n) is 1.65. The Balaban J connectivity index is 2.26. The van der Waals surface area contributed by atoms with Gasteiger partial charge in [0.2, 0.25) is 0 Å². The summed E-state index contributed by atoms with van der Waals surface area (Å²) >= 11 is 0. The maximum atomic E-state index is 12.1. The van der Waals surface area contributed by atoms with Crippen LogP contribution in [-0.4, -0.2) is 29.0 Å². The van der Waals surface area contributed by atoms with Crippen LogP contribution < -0.4 is 5.32 Å². The number of rotatable bonds is 3. The van der Waals surface area contributed by atoms with E-state index in [0.29, 0.717) is 11.5 Å². The number of para-hydroxylation sites is 1. The van der Waals surface area contributed by atoms with Gasteiger partial charge in [0.05, 0.1) is 18.4 Å². The van der Waals surface area contributed by atoms with E-state index in [0.717, 1.165) is 0 Å². The molecule has 1 aromatic carbocycles. The number of hydrogen-bond acceptors (Lipinski definition) is 5. The highest BCUT2D eigenvalue weighted by molar-refractivity contribution is 6.07. The lowest BCUT2D eigenvalue weighted by Gasteiger charge is -2.09. The quantitative estimate of drug-likeness (QED) is 0.861. The van der Waals surface area contributed by atoms with E-state index in [1.165, 1.54) is 19.4 Å². The number of benzene rings is 1. The van der Waals surface area contributed by atoms with E-state index in [2.05, 4.69) is 20.0 Å². The summed E-state index contributed by atoms with van der Waals surface area (Å²) in [4.78, 5) is 31.6. The van der Waals surface area contributed by atoms with E-state index < -0.39 is 11.9 Å². The van der Waals surface area contributed by atoms with Gasteiger partial charge >= 0.3 is 5.97 Å². The molecule has 0 spiro atoms. The molecule has 0 aliphatic rings. The molecule has 0 unspecified atom stereocenters. The largest absolute Gasteiger partial charge is 0.465 e. The Hall–Kier alpha value is -2.76. The number of anilines is 1. The summed E-state index contributed by atoms with van der Waals surface area (Å²) in [5.41, 5.74) is 0.895. The van der Waals surface area contributed by atoms with Gasteiger partial charge in [-0.15, -0.1) is 0 Å². The van der Waals surface area contributed by atoms with Gasteiger partial charge < -0.3 is 10.1 Å². The highest BCUT2D eigenvalue weighted by Gasteiger charge is 2.14. The van der Waals surface area contributed by atoms with Gasteiger partial charge in [0, 0.05) is 6.20 Å². The molecule has 0 saturated heterocycles. The first-order valence-corrected chi connectivity index (χ1v) is 5.90. The molecule has 1 N–H and O–H groups in total. The van der Waals surface area contributed by atoms with Crippen LogP contribution in [0.4, 0.5) is 5.69 Å². The zero-order chi connectivity index (χ0) is 14.5. The predicted octanol–water partition coefficient (Wildman–Crippen LogP) is 1.82. The monoisotopic (exact) mass is 271 g/mol. The fourth-order valence-corrected chi connectivity index (χ4v) is 1.65. The van der Waals surface area contributed by atoms with Crippen LogP contribution in [0.15, 0.2) is 36.5 Å². The number of aryl methyl sites for hydroxylation is 1. The molecule has 1 heterocycles. The number of nitrogens with zero attached hydrogens (tertiary/aromatic N) is 2. The number of amides is 1. The van der Waals surface area contributed by atoms with E-state index in [9.17, 15) is 9.59 Å². The van der Waals surface area contributed by atoms with Crippen LogP contribution in [0.3, 0.4) is 0 Å². The lowest BCUT2D eigenvalue weighted by Crippen LogP contribution is -2.17. The summed E-state index contributed by atoms with van der Waals surface area (Å²) in [6.07, 6.45) is 1.50. The summed E-state index contributed by atoms with van der Waals surface area (Å²) in [5.74, 6) is -0.425. The Bertz CT molecular complexity index is 656. The first-order chi connectivity index (χ1) is 9.61. The number of ether oxygens (including phenoxy) is 1. The van der Waals surface area contributed by atoms with Crippen LogP contribution in [0, 0.1) is 6.92 Å². The third kappa shape index (κ3) is 2.97. The van der Waals surface area contributed by atoms with Gasteiger partial charge in [-0.1, -0.05) is 12.1 Å². The third-order valence-electron chi connectivity index (χ3n) is 2.59. The van der Waals surface area contributed by atoms with Crippen molar-refractivity contribution in [2.75, 3.05) is 12.4 Å². The Morgan fingerprint density at radius 1 is 1.20 bits per heavy atom. The van der Waals surface area contributed by atoms with Crippen molar-refractivity contribution >= 4 is 17.6 Å². The minimum Gasteiger partial charge on any atom is -0.465 e. The molecule has 102 valence electrons. The van der Waals surface area contributed by atoms with E-state index in [1.54, 1.807) is 31.2 Å². The van der Waals surface area contributed by atoms with Crippen molar-refractivity contribution in [1.82, 2.24) is 9.97 Å². The normalized spacial score (nSPS) is 9.90. The SMILES string of the molecule is COC(=O)c1ccccc1NC(=O)c1ccnc(C)n1. The standard InChI is InChI=1S/C14H13N3O3/c1-9-15-8-7-12(16-9)13(18)17-11-6-4-3-5-10(11)14(19)20-2/h3-8H,1-2H3,(H,17,18). The first kappa shape index (κ1) is 13.7. The molecule has 20 heavy (non-hydrogen) atoms. The summed E-state index contributed by atoms with van der Waals surface area (Å²) in [5, 5.41) is 2.64. The van der Waals surface area contributed by atoms with Gasteiger partial charge in [-0.25, -0.2) is 14.8 Å². The molecule has 0 atom stereocenters. The number of nitrogens with one attached hydrogen (secondary N) is 1. The van der Waals surface area contributed by atoms with Gasteiger partial charge in [-0.3, -0.25) is 4.79 Å². The number of carbonyl (C=O) groups excluding carboxylic acids is 2. The van der Waals surface area contributed by atoms with Crippen molar-refractivity contribution < 1.29 is 14.3 Å². The van der Waals surface area contributed by atoms with E-state index >= 15 is 0 Å². The molecular weight excluding hydrogens is 258 g/mol. The summed E-state index contributed by atoms with van der Waals surface area (Å²) in [6, 6.07) is 8.11. The van der Waals surface area contributed by atoms with Crippen LogP contribution in [0.1, 0.15) is 26.7 Å². The van der Waals surface area contributed by atoms with Crippen molar-refractivity contribution in [3.8, 4) is 0 Å². The highest BCUT2D eigenvalue weighted by Crippen LogP contribution is 2.16. The third-order valence-corrected chi connectivity index (χ3v) is 2.59. The molecular formula is C14H13N3O3.